The molecule has 0 aromatic carbocycles. The normalized spacial score (nSPS) is 20.1. The van der Waals surface area contributed by atoms with E-state index in [1.165, 1.54) is 6.42 Å². The van der Waals surface area contributed by atoms with Crippen LogP contribution in [0.25, 0.3) is 0 Å². The molecule has 0 fully saturated rings. The van der Waals surface area contributed by atoms with Gasteiger partial charge in [0.25, 0.3) is 0 Å². The molecule has 0 saturated heterocycles. The summed E-state index contributed by atoms with van der Waals surface area (Å²) in [6, 6.07) is 0.464. The van der Waals surface area contributed by atoms with Crippen LogP contribution in [0.3, 0.4) is 0 Å². The highest BCUT2D eigenvalue weighted by atomic mass is 35.5. The number of halogens is 2. The third kappa shape index (κ3) is 6.43. The summed E-state index contributed by atoms with van der Waals surface area (Å²) in [5.41, 5.74) is 10.9. The molecule has 1 rings (SSSR count). The zero-order valence-corrected chi connectivity index (χ0v) is 9.89. The highest BCUT2D eigenvalue weighted by Gasteiger charge is 2.14. The molecule has 6 heteroatoms. The van der Waals surface area contributed by atoms with E-state index in [4.69, 9.17) is 11.5 Å². The summed E-state index contributed by atoms with van der Waals surface area (Å²) >= 11 is 1.66. The predicted octanol–water partition coefficient (Wildman–Crippen LogP) is 1.39. The van der Waals surface area contributed by atoms with E-state index in [1.54, 1.807) is 11.8 Å². The van der Waals surface area contributed by atoms with Crippen LogP contribution in [-0.2, 0) is 0 Å². The summed E-state index contributed by atoms with van der Waals surface area (Å²) in [5, 5.41) is 0.753. The molecule has 13 heavy (non-hydrogen) atoms. The standard InChI is InChI=1S/C7H15N3S.2ClH/c8-4-2-1-3-6-5-11-7(9)10-6;;/h6H,1-5,8H2,(H2,9,10);2*1H/t6-;;/m1../s1. The minimum absolute atomic E-state index is 0. The van der Waals surface area contributed by atoms with Crippen LogP contribution in [0.2, 0.25) is 0 Å². The molecule has 0 saturated carbocycles. The molecule has 0 bridgehead atoms. The Morgan fingerprint density at radius 3 is 2.54 bits per heavy atom. The molecule has 0 aromatic rings. The van der Waals surface area contributed by atoms with Crippen LogP contribution < -0.4 is 11.5 Å². The molecule has 0 radical (unpaired) electrons. The number of hydrogen-bond donors (Lipinski definition) is 2. The van der Waals surface area contributed by atoms with Crippen molar-refractivity contribution >= 4 is 41.7 Å². The summed E-state index contributed by atoms with van der Waals surface area (Å²) in [5.74, 6) is 1.07. The van der Waals surface area contributed by atoms with Crippen LogP contribution in [-0.4, -0.2) is 23.5 Å². The molecule has 1 aliphatic heterocycles. The Morgan fingerprint density at radius 1 is 1.38 bits per heavy atom. The summed E-state index contributed by atoms with van der Waals surface area (Å²) < 4.78 is 0. The fourth-order valence-corrected chi connectivity index (χ4v) is 1.94. The Labute approximate surface area is 95.9 Å². The number of nitrogens with two attached hydrogens (primary N) is 2. The van der Waals surface area contributed by atoms with Gasteiger partial charge in [-0.15, -0.1) is 24.8 Å². The predicted molar refractivity (Wildman–Crippen MR) is 65.3 cm³/mol. The van der Waals surface area contributed by atoms with Crippen molar-refractivity contribution in [3.63, 3.8) is 0 Å². The van der Waals surface area contributed by atoms with Crippen molar-refractivity contribution in [2.75, 3.05) is 12.3 Å². The van der Waals surface area contributed by atoms with Crippen LogP contribution in [0.5, 0.6) is 0 Å². The van der Waals surface area contributed by atoms with Gasteiger partial charge in [-0.1, -0.05) is 18.2 Å². The first-order valence-corrected chi connectivity index (χ1v) is 4.97. The van der Waals surface area contributed by atoms with Gasteiger partial charge in [-0.25, -0.2) is 0 Å². The van der Waals surface area contributed by atoms with Crippen LogP contribution in [0.1, 0.15) is 19.3 Å². The number of amidine groups is 1. The summed E-state index contributed by atoms with van der Waals surface area (Å²) in [7, 11) is 0. The number of nitrogens with zero attached hydrogens (tertiary/aromatic N) is 1. The van der Waals surface area contributed by atoms with Crippen molar-refractivity contribution in [3.05, 3.63) is 0 Å². The first-order valence-electron chi connectivity index (χ1n) is 3.99. The quantitative estimate of drug-likeness (QED) is 0.737. The monoisotopic (exact) mass is 245 g/mol. The minimum Gasteiger partial charge on any atom is -0.379 e. The van der Waals surface area contributed by atoms with Crippen LogP contribution in [0.15, 0.2) is 4.99 Å². The largest absolute Gasteiger partial charge is 0.379 e. The molecular weight excluding hydrogens is 229 g/mol. The Kier molecular flexibility index (Phi) is 10.9. The lowest BCUT2D eigenvalue weighted by atomic mass is 10.1. The lowest BCUT2D eigenvalue weighted by Crippen LogP contribution is -2.06. The maximum absolute atomic E-state index is 5.52. The molecule has 1 atom stereocenters. The second-order valence-electron chi connectivity index (χ2n) is 2.72. The summed E-state index contributed by atoms with van der Waals surface area (Å²) in [6.07, 6.45) is 3.43. The maximum Gasteiger partial charge on any atom is 0.154 e. The van der Waals surface area contributed by atoms with Gasteiger partial charge < -0.3 is 11.5 Å². The van der Waals surface area contributed by atoms with Gasteiger partial charge in [0.15, 0.2) is 5.17 Å². The van der Waals surface area contributed by atoms with E-state index in [9.17, 15) is 0 Å². The summed E-state index contributed by atoms with van der Waals surface area (Å²) in [4.78, 5) is 4.28. The topological polar surface area (TPSA) is 64.4 Å². The molecule has 0 aliphatic carbocycles. The SMILES string of the molecule is Cl.Cl.NCCCC[C@@H]1CSC(N)=N1. The Hall–Kier alpha value is 0.360. The Balaban J connectivity index is 0. The molecule has 1 heterocycles. The lowest BCUT2D eigenvalue weighted by Gasteiger charge is -2.02. The first kappa shape index (κ1) is 15.8. The second-order valence-corrected chi connectivity index (χ2v) is 3.76. The molecule has 80 valence electrons. The van der Waals surface area contributed by atoms with Crippen LogP contribution >= 0.6 is 36.6 Å². The van der Waals surface area contributed by atoms with Crippen molar-refractivity contribution in [1.29, 1.82) is 0 Å². The van der Waals surface area contributed by atoms with Gasteiger partial charge in [0.1, 0.15) is 0 Å². The van der Waals surface area contributed by atoms with E-state index in [0.29, 0.717) is 6.04 Å². The minimum atomic E-state index is 0. The molecular formula is C7H17Cl2N3S. The molecule has 0 amide bonds. The number of unbranched alkanes of at least 4 members (excludes halogenated alkanes) is 1. The lowest BCUT2D eigenvalue weighted by molar-refractivity contribution is 0.614. The van der Waals surface area contributed by atoms with Crippen molar-refractivity contribution < 1.29 is 0 Å². The maximum atomic E-state index is 5.52. The number of hydrogen-bond acceptors (Lipinski definition) is 4. The van der Waals surface area contributed by atoms with E-state index < -0.39 is 0 Å². The Morgan fingerprint density at radius 2 is 2.08 bits per heavy atom. The molecule has 3 nitrogen and oxygen atoms in total. The van der Waals surface area contributed by atoms with Gasteiger partial charge in [-0.05, 0) is 19.4 Å². The fraction of sp³-hybridized carbons (Fsp3) is 0.857. The molecule has 4 N–H and O–H groups in total. The third-order valence-corrected chi connectivity index (χ3v) is 2.68. The highest BCUT2D eigenvalue weighted by Crippen LogP contribution is 2.18. The Bertz CT molecular complexity index is 155. The molecule has 0 unspecified atom stereocenters. The van der Waals surface area contributed by atoms with E-state index in [1.807, 2.05) is 0 Å². The average molecular weight is 246 g/mol. The molecule has 1 aliphatic rings. The second kappa shape index (κ2) is 8.94. The fourth-order valence-electron chi connectivity index (χ4n) is 1.11. The third-order valence-electron chi connectivity index (χ3n) is 1.72. The highest BCUT2D eigenvalue weighted by molar-refractivity contribution is 8.14. The van der Waals surface area contributed by atoms with Crippen molar-refractivity contribution in [2.24, 2.45) is 16.5 Å². The van der Waals surface area contributed by atoms with Crippen molar-refractivity contribution in [2.45, 2.75) is 25.3 Å². The summed E-state index contributed by atoms with van der Waals surface area (Å²) in [6.45, 7) is 0.791. The average Bonchev–Trinajstić information content (AvgIpc) is 2.37. The smallest absolute Gasteiger partial charge is 0.154 e. The number of thioether (sulfide) groups is 1. The number of aliphatic imine (C=N–C) groups is 1. The van der Waals surface area contributed by atoms with E-state index >= 15 is 0 Å². The van der Waals surface area contributed by atoms with Crippen molar-refractivity contribution in [3.8, 4) is 0 Å². The van der Waals surface area contributed by atoms with Crippen molar-refractivity contribution in [1.82, 2.24) is 0 Å². The zero-order chi connectivity index (χ0) is 8.10. The van der Waals surface area contributed by atoms with Gasteiger partial charge >= 0.3 is 0 Å². The van der Waals surface area contributed by atoms with Gasteiger partial charge in [0.05, 0.1) is 6.04 Å². The van der Waals surface area contributed by atoms with E-state index in [2.05, 4.69) is 4.99 Å². The van der Waals surface area contributed by atoms with Gasteiger partial charge in [-0.3, -0.25) is 4.99 Å². The van der Waals surface area contributed by atoms with E-state index in [0.717, 1.165) is 30.3 Å². The van der Waals surface area contributed by atoms with Gasteiger partial charge in [0, 0.05) is 5.75 Å². The van der Waals surface area contributed by atoms with Gasteiger partial charge in [-0.2, -0.15) is 0 Å². The zero-order valence-electron chi connectivity index (χ0n) is 7.44. The first-order chi connectivity index (χ1) is 5.33. The van der Waals surface area contributed by atoms with Crippen LogP contribution in [0, 0.1) is 0 Å². The molecule has 0 spiro atoms. The number of rotatable bonds is 4. The van der Waals surface area contributed by atoms with Crippen LogP contribution in [0.4, 0.5) is 0 Å². The molecule has 0 aromatic heterocycles. The van der Waals surface area contributed by atoms with Gasteiger partial charge in [0.2, 0.25) is 0 Å². The van der Waals surface area contributed by atoms with E-state index in [-0.39, 0.29) is 24.8 Å².